The molecule has 0 rings (SSSR count). The van der Waals surface area contributed by atoms with Gasteiger partial charge in [-0.15, -0.1) is 0 Å². The number of amides is 2. The van der Waals surface area contributed by atoms with Gasteiger partial charge in [0.15, 0.2) is 0 Å². The van der Waals surface area contributed by atoms with Crippen LogP contribution in [0, 0.1) is 0 Å². The van der Waals surface area contributed by atoms with E-state index in [0.717, 1.165) is 0 Å². The Balaban J connectivity index is -0.000000899. The van der Waals surface area contributed by atoms with E-state index in [9.17, 15) is 14.4 Å². The van der Waals surface area contributed by atoms with Crippen LogP contribution in [0.3, 0.4) is 0 Å². The van der Waals surface area contributed by atoms with Gasteiger partial charge >= 0.3 is 5.97 Å². The second kappa shape index (κ2) is 19.9. The lowest BCUT2D eigenvalue weighted by molar-refractivity contribution is -0.137. The minimum absolute atomic E-state index is 0.0465. The Morgan fingerprint density at radius 3 is 1.94 bits per heavy atom. The lowest BCUT2D eigenvalue weighted by Gasteiger charge is -2.28. The van der Waals surface area contributed by atoms with Crippen molar-refractivity contribution in [2.45, 2.75) is 105 Å². The number of likely N-dealkylation sites (N-methyl/N-ethyl adjacent to an activating group) is 1. The highest BCUT2D eigenvalue weighted by molar-refractivity contribution is 5.82. The fourth-order valence-corrected chi connectivity index (χ4v) is 2.12. The standard InChI is InChI=1S/C17H34N2O5.C4H9NO.C2H6/c1-7-18-13(8-9-14(20)21)15(22)19-12-17(5,6)24-11-10-23-16(2,3)4;1-4(2)5-3-6;1-2/h13,18H,7-12H2,1-6H3,(H,19,22)(H,20,21);3-4H,1-2H3,(H,5,6);1-2H3. The van der Waals surface area contributed by atoms with Crippen molar-refractivity contribution in [2.24, 2.45) is 0 Å². The van der Waals surface area contributed by atoms with Gasteiger partial charge in [0.25, 0.3) is 0 Å². The second-order valence-corrected chi connectivity index (χ2v) is 8.77. The Kier molecular flexibility index (Phi) is 21.7. The molecule has 2 amide bonds. The summed E-state index contributed by atoms with van der Waals surface area (Å²) in [6, 6.07) is -0.228. The third-order valence-electron chi connectivity index (χ3n) is 3.61. The lowest BCUT2D eigenvalue weighted by Crippen LogP contribution is -2.49. The van der Waals surface area contributed by atoms with E-state index in [1.165, 1.54) is 0 Å². The molecule has 0 aromatic heterocycles. The first-order chi connectivity index (χ1) is 14.7. The van der Waals surface area contributed by atoms with Crippen LogP contribution >= 0.6 is 0 Å². The van der Waals surface area contributed by atoms with Gasteiger partial charge in [0.1, 0.15) is 0 Å². The monoisotopic (exact) mass is 463 g/mol. The number of carbonyl (C=O) groups excluding carboxylic acids is 2. The number of rotatable bonds is 14. The largest absolute Gasteiger partial charge is 0.481 e. The van der Waals surface area contributed by atoms with E-state index >= 15 is 0 Å². The Labute approximate surface area is 195 Å². The summed E-state index contributed by atoms with van der Waals surface area (Å²) in [4.78, 5) is 32.4. The summed E-state index contributed by atoms with van der Waals surface area (Å²) in [5, 5.41) is 17.1. The Hall–Kier alpha value is -1.71. The molecular weight excluding hydrogens is 414 g/mol. The van der Waals surface area contributed by atoms with Crippen molar-refractivity contribution in [2.75, 3.05) is 26.3 Å². The highest BCUT2D eigenvalue weighted by atomic mass is 16.5. The minimum atomic E-state index is -0.909. The summed E-state index contributed by atoms with van der Waals surface area (Å²) in [6.07, 6.45) is 0.912. The molecular formula is C23H49N3O6. The number of hydrogen-bond donors (Lipinski definition) is 4. The van der Waals surface area contributed by atoms with E-state index in [1.54, 1.807) is 0 Å². The SMILES string of the molecule is CC.CC(C)NC=O.CCNC(CCC(=O)O)C(=O)NCC(C)(C)OCCOC(C)(C)C. The van der Waals surface area contributed by atoms with Gasteiger partial charge in [-0.3, -0.25) is 14.4 Å². The Bertz CT molecular complexity index is 491. The molecule has 9 nitrogen and oxygen atoms in total. The van der Waals surface area contributed by atoms with E-state index in [2.05, 4.69) is 16.0 Å². The summed E-state index contributed by atoms with van der Waals surface area (Å²) >= 11 is 0. The van der Waals surface area contributed by atoms with Gasteiger partial charge < -0.3 is 30.5 Å². The molecule has 0 saturated heterocycles. The zero-order valence-electron chi connectivity index (χ0n) is 22.0. The van der Waals surface area contributed by atoms with Crippen molar-refractivity contribution in [1.82, 2.24) is 16.0 Å². The summed E-state index contributed by atoms with van der Waals surface area (Å²) < 4.78 is 11.4. The molecule has 0 aliphatic rings. The third kappa shape index (κ3) is 26.3. The molecule has 0 heterocycles. The molecule has 0 bridgehead atoms. The molecule has 1 atom stereocenters. The summed E-state index contributed by atoms with van der Waals surface area (Å²) in [6.45, 7) is 21.3. The van der Waals surface area contributed by atoms with E-state index < -0.39 is 17.6 Å². The molecule has 192 valence electrons. The molecule has 0 aromatic carbocycles. The number of nitrogens with one attached hydrogen (secondary N) is 3. The van der Waals surface area contributed by atoms with Crippen LogP contribution < -0.4 is 16.0 Å². The predicted molar refractivity (Wildman–Crippen MR) is 129 cm³/mol. The first-order valence-electron chi connectivity index (χ1n) is 11.4. The molecule has 0 aromatic rings. The van der Waals surface area contributed by atoms with Gasteiger partial charge in [0, 0.05) is 19.0 Å². The van der Waals surface area contributed by atoms with E-state index in [-0.39, 0.29) is 30.4 Å². The molecule has 0 aliphatic heterocycles. The first-order valence-corrected chi connectivity index (χ1v) is 11.4. The van der Waals surface area contributed by atoms with Gasteiger partial charge in [-0.25, -0.2) is 0 Å². The molecule has 0 radical (unpaired) electrons. The molecule has 0 aliphatic carbocycles. The van der Waals surface area contributed by atoms with E-state index in [1.807, 2.05) is 69.2 Å². The van der Waals surface area contributed by atoms with Crippen LogP contribution in [-0.4, -0.2) is 73.0 Å². The van der Waals surface area contributed by atoms with Crippen molar-refractivity contribution in [3.8, 4) is 0 Å². The van der Waals surface area contributed by atoms with Crippen LogP contribution in [0.1, 0.15) is 82.1 Å². The normalized spacial score (nSPS) is 12.0. The van der Waals surface area contributed by atoms with Crippen LogP contribution in [-0.2, 0) is 23.9 Å². The average molecular weight is 464 g/mol. The van der Waals surface area contributed by atoms with Crippen molar-refractivity contribution in [3.63, 3.8) is 0 Å². The summed E-state index contributed by atoms with van der Waals surface area (Å²) in [5.74, 6) is -1.12. The number of carboxylic acids is 1. The maximum atomic E-state index is 12.2. The van der Waals surface area contributed by atoms with Crippen molar-refractivity contribution in [3.05, 3.63) is 0 Å². The topological polar surface area (TPSA) is 126 Å². The highest BCUT2D eigenvalue weighted by Gasteiger charge is 2.23. The minimum Gasteiger partial charge on any atom is -0.481 e. The molecule has 4 N–H and O–H groups in total. The van der Waals surface area contributed by atoms with Gasteiger partial charge in [-0.05, 0) is 61.4 Å². The predicted octanol–water partition coefficient (Wildman–Crippen LogP) is 2.72. The number of hydrogen-bond acceptors (Lipinski definition) is 6. The van der Waals surface area contributed by atoms with Crippen LogP contribution in [0.2, 0.25) is 0 Å². The van der Waals surface area contributed by atoms with Crippen LogP contribution in [0.5, 0.6) is 0 Å². The zero-order valence-corrected chi connectivity index (χ0v) is 22.0. The fourth-order valence-electron chi connectivity index (χ4n) is 2.12. The van der Waals surface area contributed by atoms with Gasteiger partial charge in [0.05, 0.1) is 30.5 Å². The Morgan fingerprint density at radius 2 is 1.56 bits per heavy atom. The molecule has 0 spiro atoms. The van der Waals surface area contributed by atoms with Gasteiger partial charge in [0.2, 0.25) is 12.3 Å². The molecule has 0 fully saturated rings. The summed E-state index contributed by atoms with van der Waals surface area (Å²) in [5.41, 5.74) is -0.731. The van der Waals surface area contributed by atoms with Gasteiger partial charge in [-0.1, -0.05) is 20.8 Å². The number of carboxylic acid groups (broad SMARTS) is 1. The smallest absolute Gasteiger partial charge is 0.303 e. The lowest BCUT2D eigenvalue weighted by atomic mass is 10.1. The van der Waals surface area contributed by atoms with Gasteiger partial charge in [-0.2, -0.15) is 0 Å². The fraction of sp³-hybridized carbons (Fsp3) is 0.870. The zero-order chi connectivity index (χ0) is 25.8. The number of aliphatic carboxylic acids is 1. The second-order valence-electron chi connectivity index (χ2n) is 8.77. The first kappa shape index (κ1) is 34.9. The van der Waals surface area contributed by atoms with E-state index in [0.29, 0.717) is 32.7 Å². The summed E-state index contributed by atoms with van der Waals surface area (Å²) in [7, 11) is 0. The number of carbonyl (C=O) groups is 3. The van der Waals surface area contributed by atoms with Crippen molar-refractivity contribution < 1.29 is 29.0 Å². The Morgan fingerprint density at radius 1 is 1.03 bits per heavy atom. The van der Waals surface area contributed by atoms with Crippen LogP contribution in [0.4, 0.5) is 0 Å². The van der Waals surface area contributed by atoms with Crippen LogP contribution in [0.15, 0.2) is 0 Å². The molecule has 1 unspecified atom stereocenters. The molecule has 32 heavy (non-hydrogen) atoms. The maximum Gasteiger partial charge on any atom is 0.303 e. The molecule has 0 saturated carbocycles. The number of ether oxygens (including phenoxy) is 2. The molecule has 9 heteroatoms. The van der Waals surface area contributed by atoms with Crippen molar-refractivity contribution >= 4 is 18.3 Å². The van der Waals surface area contributed by atoms with Crippen molar-refractivity contribution in [1.29, 1.82) is 0 Å². The van der Waals surface area contributed by atoms with Crippen LogP contribution in [0.25, 0.3) is 0 Å². The quantitative estimate of drug-likeness (QED) is 0.230. The van der Waals surface area contributed by atoms with E-state index in [4.69, 9.17) is 14.6 Å². The average Bonchev–Trinajstić information content (AvgIpc) is 2.68. The maximum absolute atomic E-state index is 12.2. The highest BCUT2D eigenvalue weighted by Crippen LogP contribution is 2.10. The third-order valence-corrected chi connectivity index (χ3v) is 3.61.